The third-order valence-corrected chi connectivity index (χ3v) is 4.38. The molecule has 3 aromatic rings. The molecule has 0 aliphatic rings. The van der Waals surface area contributed by atoms with Crippen molar-refractivity contribution in [1.82, 2.24) is 9.36 Å². The zero-order chi connectivity index (χ0) is 16.1. The van der Waals surface area contributed by atoms with Gasteiger partial charge in [-0.05, 0) is 35.4 Å². The van der Waals surface area contributed by atoms with E-state index in [2.05, 4.69) is 37.4 Å². The maximum atomic E-state index is 5.75. The molecular formula is C17H15BrN2O2S. The van der Waals surface area contributed by atoms with Crippen molar-refractivity contribution in [3.8, 4) is 22.1 Å². The molecule has 0 aliphatic heterocycles. The molecule has 0 unspecified atom stereocenters. The standard InChI is InChI=1S/C17H15BrN2O2S/c1-21-11-10-16-19-17(23-20-16)22-15-8-4-13(5-9-15)12-2-6-14(18)7-3-12/h2-9H,10-11H2,1H3. The van der Waals surface area contributed by atoms with Gasteiger partial charge in [-0.2, -0.15) is 9.36 Å². The molecule has 0 amide bonds. The summed E-state index contributed by atoms with van der Waals surface area (Å²) in [5, 5.41) is 0.549. The van der Waals surface area contributed by atoms with Gasteiger partial charge in [0.05, 0.1) is 6.61 Å². The number of aromatic nitrogens is 2. The molecule has 0 atom stereocenters. The van der Waals surface area contributed by atoms with E-state index < -0.39 is 0 Å². The summed E-state index contributed by atoms with van der Waals surface area (Å²) < 4.78 is 16.1. The van der Waals surface area contributed by atoms with E-state index in [1.54, 1.807) is 7.11 Å². The number of methoxy groups -OCH3 is 1. The van der Waals surface area contributed by atoms with Gasteiger partial charge < -0.3 is 9.47 Å². The Labute approximate surface area is 147 Å². The van der Waals surface area contributed by atoms with Gasteiger partial charge in [0.25, 0.3) is 5.19 Å². The van der Waals surface area contributed by atoms with Crippen molar-refractivity contribution in [2.45, 2.75) is 6.42 Å². The van der Waals surface area contributed by atoms with E-state index in [9.17, 15) is 0 Å². The van der Waals surface area contributed by atoms with Gasteiger partial charge in [0.1, 0.15) is 11.6 Å². The van der Waals surface area contributed by atoms with E-state index >= 15 is 0 Å². The maximum absolute atomic E-state index is 5.75. The molecule has 0 bridgehead atoms. The number of hydrogen-bond acceptors (Lipinski definition) is 5. The Morgan fingerprint density at radius 3 is 2.30 bits per heavy atom. The summed E-state index contributed by atoms with van der Waals surface area (Å²) in [5.74, 6) is 1.50. The predicted molar refractivity (Wildman–Crippen MR) is 95.1 cm³/mol. The topological polar surface area (TPSA) is 44.2 Å². The second kappa shape index (κ2) is 7.68. The van der Waals surface area contributed by atoms with E-state index in [1.807, 2.05) is 36.4 Å². The van der Waals surface area contributed by atoms with Gasteiger partial charge in [-0.25, -0.2) is 0 Å². The molecule has 0 radical (unpaired) electrons. The number of nitrogens with zero attached hydrogens (tertiary/aromatic N) is 2. The van der Waals surface area contributed by atoms with Crippen molar-refractivity contribution in [2.24, 2.45) is 0 Å². The molecular weight excluding hydrogens is 376 g/mol. The Balaban J connectivity index is 1.67. The van der Waals surface area contributed by atoms with Crippen LogP contribution in [-0.4, -0.2) is 23.1 Å². The van der Waals surface area contributed by atoms with Gasteiger partial charge in [-0.15, -0.1) is 0 Å². The molecule has 2 aromatic carbocycles. The van der Waals surface area contributed by atoms with Crippen LogP contribution in [0.1, 0.15) is 5.82 Å². The molecule has 3 rings (SSSR count). The zero-order valence-corrected chi connectivity index (χ0v) is 14.9. The second-order valence-electron chi connectivity index (χ2n) is 4.85. The minimum Gasteiger partial charge on any atom is -0.430 e. The summed E-state index contributed by atoms with van der Waals surface area (Å²) in [4.78, 5) is 4.33. The summed E-state index contributed by atoms with van der Waals surface area (Å²) in [5.41, 5.74) is 2.31. The summed E-state index contributed by atoms with van der Waals surface area (Å²) in [7, 11) is 1.66. The van der Waals surface area contributed by atoms with Crippen molar-refractivity contribution in [2.75, 3.05) is 13.7 Å². The van der Waals surface area contributed by atoms with E-state index in [0.29, 0.717) is 18.2 Å². The van der Waals surface area contributed by atoms with Crippen LogP contribution >= 0.6 is 27.5 Å². The third-order valence-electron chi connectivity index (χ3n) is 3.22. The minimum absolute atomic E-state index is 0.549. The SMILES string of the molecule is COCCc1nsc(Oc2ccc(-c3ccc(Br)cc3)cc2)n1. The fraction of sp³-hybridized carbons (Fsp3) is 0.176. The highest BCUT2D eigenvalue weighted by Crippen LogP contribution is 2.27. The highest BCUT2D eigenvalue weighted by Gasteiger charge is 2.06. The van der Waals surface area contributed by atoms with Gasteiger partial charge in [0.15, 0.2) is 0 Å². The average Bonchev–Trinajstić information content (AvgIpc) is 3.02. The van der Waals surface area contributed by atoms with Crippen molar-refractivity contribution in [3.05, 3.63) is 58.8 Å². The fourth-order valence-corrected chi connectivity index (χ4v) is 2.89. The third kappa shape index (κ3) is 4.37. The van der Waals surface area contributed by atoms with Crippen LogP contribution in [0.5, 0.6) is 10.9 Å². The van der Waals surface area contributed by atoms with E-state index in [0.717, 1.165) is 27.2 Å². The summed E-state index contributed by atoms with van der Waals surface area (Å²) >= 11 is 4.70. The van der Waals surface area contributed by atoms with Crippen LogP contribution in [0.3, 0.4) is 0 Å². The van der Waals surface area contributed by atoms with Crippen molar-refractivity contribution >= 4 is 27.5 Å². The monoisotopic (exact) mass is 390 g/mol. The molecule has 23 heavy (non-hydrogen) atoms. The second-order valence-corrected chi connectivity index (χ2v) is 6.48. The summed E-state index contributed by atoms with van der Waals surface area (Å²) in [6, 6.07) is 16.2. The maximum Gasteiger partial charge on any atom is 0.298 e. The highest BCUT2D eigenvalue weighted by molar-refractivity contribution is 9.10. The van der Waals surface area contributed by atoms with Crippen LogP contribution in [0.25, 0.3) is 11.1 Å². The van der Waals surface area contributed by atoms with Crippen molar-refractivity contribution in [3.63, 3.8) is 0 Å². The Hall–Kier alpha value is -1.76. The molecule has 0 spiro atoms. The average molecular weight is 391 g/mol. The molecule has 0 fully saturated rings. The van der Waals surface area contributed by atoms with E-state index in [-0.39, 0.29) is 0 Å². The number of ether oxygens (including phenoxy) is 2. The van der Waals surface area contributed by atoms with Crippen LogP contribution in [0.4, 0.5) is 0 Å². The molecule has 0 N–H and O–H groups in total. The Morgan fingerprint density at radius 2 is 1.65 bits per heavy atom. The molecule has 0 saturated heterocycles. The van der Waals surface area contributed by atoms with Crippen LogP contribution in [0, 0.1) is 0 Å². The first-order valence-corrected chi connectivity index (χ1v) is 8.66. The van der Waals surface area contributed by atoms with E-state index in [4.69, 9.17) is 9.47 Å². The number of benzene rings is 2. The van der Waals surface area contributed by atoms with Crippen LogP contribution < -0.4 is 4.74 Å². The predicted octanol–water partition coefficient (Wildman–Crippen LogP) is 4.95. The van der Waals surface area contributed by atoms with Crippen LogP contribution in [-0.2, 0) is 11.2 Å². The van der Waals surface area contributed by atoms with Gasteiger partial charge in [-0.3, -0.25) is 0 Å². The largest absolute Gasteiger partial charge is 0.430 e. The van der Waals surface area contributed by atoms with Crippen molar-refractivity contribution in [1.29, 1.82) is 0 Å². The van der Waals surface area contributed by atoms with Crippen LogP contribution in [0.15, 0.2) is 53.0 Å². The lowest BCUT2D eigenvalue weighted by Crippen LogP contribution is -1.96. The molecule has 118 valence electrons. The minimum atomic E-state index is 0.549. The summed E-state index contributed by atoms with van der Waals surface area (Å²) in [6.07, 6.45) is 0.693. The molecule has 1 heterocycles. The first-order chi connectivity index (χ1) is 11.2. The summed E-state index contributed by atoms with van der Waals surface area (Å²) in [6.45, 7) is 0.609. The molecule has 1 aromatic heterocycles. The first kappa shape index (κ1) is 16.1. The first-order valence-electron chi connectivity index (χ1n) is 7.10. The Morgan fingerprint density at radius 1 is 1.00 bits per heavy atom. The van der Waals surface area contributed by atoms with Gasteiger partial charge in [0, 0.05) is 29.5 Å². The Kier molecular flexibility index (Phi) is 5.38. The Bertz CT molecular complexity index is 757. The smallest absolute Gasteiger partial charge is 0.298 e. The van der Waals surface area contributed by atoms with Gasteiger partial charge in [0.2, 0.25) is 0 Å². The number of rotatable bonds is 6. The molecule has 6 heteroatoms. The fourth-order valence-electron chi connectivity index (χ4n) is 2.03. The van der Waals surface area contributed by atoms with E-state index in [1.165, 1.54) is 11.5 Å². The quantitative estimate of drug-likeness (QED) is 0.597. The lowest BCUT2D eigenvalue weighted by atomic mass is 10.1. The zero-order valence-electron chi connectivity index (χ0n) is 12.5. The molecule has 4 nitrogen and oxygen atoms in total. The number of halogens is 1. The highest BCUT2D eigenvalue weighted by atomic mass is 79.9. The normalized spacial score (nSPS) is 10.7. The van der Waals surface area contributed by atoms with Crippen LogP contribution in [0.2, 0.25) is 0 Å². The van der Waals surface area contributed by atoms with Gasteiger partial charge in [-0.1, -0.05) is 40.2 Å². The lowest BCUT2D eigenvalue weighted by molar-refractivity contribution is 0.200. The van der Waals surface area contributed by atoms with Gasteiger partial charge >= 0.3 is 0 Å². The molecule has 0 saturated carbocycles. The number of hydrogen-bond donors (Lipinski definition) is 0. The lowest BCUT2D eigenvalue weighted by Gasteiger charge is -2.04. The molecule has 0 aliphatic carbocycles. The van der Waals surface area contributed by atoms with Crippen molar-refractivity contribution < 1.29 is 9.47 Å².